The van der Waals surface area contributed by atoms with E-state index < -0.39 is 10.3 Å². The first-order chi connectivity index (χ1) is 5.21. The quantitative estimate of drug-likeness (QED) is 0.663. The van der Waals surface area contributed by atoms with E-state index in [1.165, 1.54) is 0 Å². The van der Waals surface area contributed by atoms with E-state index in [4.69, 9.17) is 4.18 Å². The van der Waals surface area contributed by atoms with Crippen molar-refractivity contribution in [3.8, 4) is 0 Å². The van der Waals surface area contributed by atoms with Crippen molar-refractivity contribution in [1.29, 1.82) is 0 Å². The van der Waals surface area contributed by atoms with Gasteiger partial charge in [0.1, 0.15) is 0 Å². The summed E-state index contributed by atoms with van der Waals surface area (Å²) in [7, 11) is -0.839. The van der Waals surface area contributed by atoms with Gasteiger partial charge in [0.2, 0.25) is 0 Å². The SMILES string of the molecule is CCC(C)(OS(C)(C)C)C(C)C. The maximum atomic E-state index is 6.12. The molecule has 0 fully saturated rings. The first-order valence-electron chi connectivity index (χ1n) is 4.60. The second-order valence-electron chi connectivity index (χ2n) is 4.63. The summed E-state index contributed by atoms with van der Waals surface area (Å²) in [5, 5.41) is 0. The summed E-state index contributed by atoms with van der Waals surface area (Å²) in [6, 6.07) is 0. The zero-order chi connectivity index (χ0) is 9.99. The minimum atomic E-state index is -0.839. The van der Waals surface area contributed by atoms with E-state index in [0.717, 1.165) is 6.42 Å². The van der Waals surface area contributed by atoms with Gasteiger partial charge in [-0.1, -0.05) is 20.8 Å². The monoisotopic (exact) mass is 192 g/mol. The van der Waals surface area contributed by atoms with Crippen LogP contribution in [0.15, 0.2) is 0 Å². The van der Waals surface area contributed by atoms with Crippen molar-refractivity contribution in [1.82, 2.24) is 0 Å². The van der Waals surface area contributed by atoms with Crippen LogP contribution in [0.5, 0.6) is 0 Å². The van der Waals surface area contributed by atoms with E-state index in [2.05, 4.69) is 46.5 Å². The van der Waals surface area contributed by atoms with Gasteiger partial charge < -0.3 is 4.18 Å². The Kier molecular flexibility index (Phi) is 4.12. The summed E-state index contributed by atoms with van der Waals surface area (Å²) in [4.78, 5) is 0. The minimum absolute atomic E-state index is 0.0631. The first-order valence-corrected chi connectivity index (χ1v) is 7.38. The van der Waals surface area contributed by atoms with Crippen LogP contribution in [0.2, 0.25) is 0 Å². The highest BCUT2D eigenvalue weighted by atomic mass is 32.3. The van der Waals surface area contributed by atoms with Gasteiger partial charge >= 0.3 is 0 Å². The predicted molar refractivity (Wildman–Crippen MR) is 60.0 cm³/mol. The average molecular weight is 192 g/mol. The molecule has 76 valence electrons. The van der Waals surface area contributed by atoms with Crippen LogP contribution in [-0.4, -0.2) is 24.4 Å². The van der Waals surface area contributed by atoms with E-state index >= 15 is 0 Å². The molecule has 0 aromatic carbocycles. The van der Waals surface area contributed by atoms with Crippen LogP contribution in [0.25, 0.3) is 0 Å². The van der Waals surface area contributed by atoms with Crippen LogP contribution in [0.3, 0.4) is 0 Å². The lowest BCUT2D eigenvalue weighted by Gasteiger charge is -2.41. The molecular formula is C10H24OS. The van der Waals surface area contributed by atoms with Crippen molar-refractivity contribution in [2.75, 3.05) is 18.8 Å². The van der Waals surface area contributed by atoms with Gasteiger partial charge in [0, 0.05) is 0 Å². The summed E-state index contributed by atoms with van der Waals surface area (Å²) in [6.45, 7) is 8.88. The van der Waals surface area contributed by atoms with E-state index in [-0.39, 0.29) is 5.60 Å². The molecule has 0 rings (SSSR count). The Balaban J connectivity index is 4.35. The molecular weight excluding hydrogens is 168 g/mol. The molecule has 0 aliphatic heterocycles. The van der Waals surface area contributed by atoms with E-state index in [0.29, 0.717) is 5.92 Å². The molecule has 1 nitrogen and oxygen atoms in total. The standard InChI is InChI=1S/C10H24OS/c1-8-10(4,9(2)3)11-12(5,6)7/h9H,8H2,1-7H3. The molecule has 0 aromatic rings. The van der Waals surface area contributed by atoms with Crippen molar-refractivity contribution in [2.24, 2.45) is 5.92 Å². The second kappa shape index (κ2) is 4.01. The molecule has 0 aromatic heterocycles. The van der Waals surface area contributed by atoms with Gasteiger partial charge in [-0.15, -0.1) is 10.3 Å². The molecule has 0 spiro atoms. The van der Waals surface area contributed by atoms with Crippen molar-refractivity contribution in [3.05, 3.63) is 0 Å². The maximum absolute atomic E-state index is 6.12. The Morgan fingerprint density at radius 3 is 1.75 bits per heavy atom. The molecule has 0 heterocycles. The van der Waals surface area contributed by atoms with Gasteiger partial charge in [-0.25, -0.2) is 0 Å². The lowest BCUT2D eigenvalue weighted by Crippen LogP contribution is -2.34. The second-order valence-corrected chi connectivity index (χ2v) is 8.25. The Morgan fingerprint density at radius 2 is 1.67 bits per heavy atom. The minimum Gasteiger partial charge on any atom is -0.331 e. The third-order valence-corrected chi connectivity index (χ3v) is 3.24. The molecule has 0 amide bonds. The van der Waals surface area contributed by atoms with Crippen molar-refractivity contribution in [2.45, 2.75) is 39.7 Å². The Labute approximate surface area is 79.4 Å². The fourth-order valence-electron chi connectivity index (χ4n) is 1.13. The highest BCUT2D eigenvalue weighted by Crippen LogP contribution is 2.44. The van der Waals surface area contributed by atoms with Gasteiger partial charge in [-0.2, -0.15) is 0 Å². The van der Waals surface area contributed by atoms with Crippen LogP contribution in [0.1, 0.15) is 34.1 Å². The molecule has 1 unspecified atom stereocenters. The van der Waals surface area contributed by atoms with Gasteiger partial charge in [0.25, 0.3) is 0 Å². The zero-order valence-electron chi connectivity index (χ0n) is 9.60. The summed E-state index contributed by atoms with van der Waals surface area (Å²) in [6.07, 6.45) is 7.69. The number of hydrogen-bond donors (Lipinski definition) is 0. The van der Waals surface area contributed by atoms with Crippen molar-refractivity contribution in [3.63, 3.8) is 0 Å². The van der Waals surface area contributed by atoms with Crippen LogP contribution in [0, 0.1) is 5.92 Å². The molecule has 0 N–H and O–H groups in total. The third-order valence-electron chi connectivity index (χ3n) is 2.36. The number of hydrogen-bond acceptors (Lipinski definition) is 1. The van der Waals surface area contributed by atoms with Crippen molar-refractivity contribution >= 4 is 10.3 Å². The molecule has 0 saturated carbocycles. The van der Waals surface area contributed by atoms with Gasteiger partial charge in [0.05, 0.1) is 5.60 Å². The maximum Gasteiger partial charge on any atom is 0.0799 e. The third kappa shape index (κ3) is 3.81. The molecule has 0 aliphatic carbocycles. The first kappa shape index (κ1) is 12.3. The molecule has 0 radical (unpaired) electrons. The molecule has 12 heavy (non-hydrogen) atoms. The molecule has 1 atom stereocenters. The summed E-state index contributed by atoms with van der Waals surface area (Å²) in [5.41, 5.74) is 0.0631. The van der Waals surface area contributed by atoms with Crippen LogP contribution in [-0.2, 0) is 4.18 Å². The van der Waals surface area contributed by atoms with Crippen molar-refractivity contribution < 1.29 is 4.18 Å². The van der Waals surface area contributed by atoms with Crippen LogP contribution >= 0.6 is 10.3 Å². The molecule has 0 bridgehead atoms. The molecule has 2 heteroatoms. The lowest BCUT2D eigenvalue weighted by atomic mass is 9.90. The Hall–Kier alpha value is 0.310. The van der Waals surface area contributed by atoms with E-state index in [1.807, 2.05) is 0 Å². The van der Waals surface area contributed by atoms with E-state index in [1.54, 1.807) is 0 Å². The molecule has 0 aliphatic rings. The summed E-state index contributed by atoms with van der Waals surface area (Å²) in [5.74, 6) is 0.592. The highest BCUT2D eigenvalue weighted by molar-refractivity contribution is 8.28. The molecule has 0 saturated heterocycles. The van der Waals surface area contributed by atoms with Gasteiger partial charge in [0.15, 0.2) is 0 Å². The van der Waals surface area contributed by atoms with Crippen LogP contribution in [0.4, 0.5) is 0 Å². The van der Waals surface area contributed by atoms with Gasteiger partial charge in [-0.3, -0.25) is 0 Å². The van der Waals surface area contributed by atoms with Crippen LogP contribution < -0.4 is 0 Å². The normalized spacial score (nSPS) is 19.3. The zero-order valence-corrected chi connectivity index (χ0v) is 10.4. The highest BCUT2D eigenvalue weighted by Gasteiger charge is 2.30. The predicted octanol–water partition coefficient (Wildman–Crippen LogP) is 3.44. The van der Waals surface area contributed by atoms with E-state index in [9.17, 15) is 0 Å². The average Bonchev–Trinajstić information content (AvgIpc) is 1.83. The Morgan fingerprint density at radius 1 is 1.25 bits per heavy atom. The lowest BCUT2D eigenvalue weighted by molar-refractivity contribution is 0.0542. The summed E-state index contributed by atoms with van der Waals surface area (Å²) >= 11 is 0. The fraction of sp³-hybridized carbons (Fsp3) is 1.00. The largest absolute Gasteiger partial charge is 0.331 e. The van der Waals surface area contributed by atoms with Gasteiger partial charge in [-0.05, 0) is 38.0 Å². The Bertz CT molecular complexity index is 137. The topological polar surface area (TPSA) is 9.23 Å². The smallest absolute Gasteiger partial charge is 0.0799 e. The fourth-order valence-corrected chi connectivity index (χ4v) is 2.59. The summed E-state index contributed by atoms with van der Waals surface area (Å²) < 4.78 is 6.12. The number of rotatable bonds is 4.